The third-order valence-electron chi connectivity index (χ3n) is 2.69. The molecule has 18 heavy (non-hydrogen) atoms. The number of anilines is 1. The number of rotatable bonds is 4. The van der Waals surface area contributed by atoms with Gasteiger partial charge in [-0.05, 0) is 6.92 Å². The van der Waals surface area contributed by atoms with Gasteiger partial charge in [0.05, 0.1) is 11.9 Å². The molecule has 2 heterocycles. The first kappa shape index (κ1) is 12.3. The van der Waals surface area contributed by atoms with Gasteiger partial charge in [0.25, 0.3) is 5.91 Å². The minimum Gasteiger partial charge on any atom is -0.361 e. The monoisotopic (exact) mass is 248 g/mol. The number of amides is 1. The van der Waals surface area contributed by atoms with Crippen LogP contribution in [0.3, 0.4) is 0 Å². The zero-order chi connectivity index (χ0) is 13.1. The van der Waals surface area contributed by atoms with E-state index in [1.54, 1.807) is 28.0 Å². The highest BCUT2D eigenvalue weighted by molar-refractivity contribution is 6.04. The molecular weight excluding hydrogens is 232 g/mol. The van der Waals surface area contributed by atoms with Gasteiger partial charge in [-0.1, -0.05) is 12.1 Å². The van der Waals surface area contributed by atoms with E-state index in [2.05, 4.69) is 10.3 Å². The molecule has 0 saturated carbocycles. The maximum absolute atomic E-state index is 12.3. The number of carbonyl (C=O) groups is 1. The van der Waals surface area contributed by atoms with Crippen LogP contribution in [0.15, 0.2) is 23.0 Å². The second-order valence-electron chi connectivity index (χ2n) is 3.95. The highest BCUT2D eigenvalue weighted by Crippen LogP contribution is 2.16. The average molecular weight is 248 g/mol. The van der Waals surface area contributed by atoms with E-state index in [0.717, 1.165) is 12.1 Å². The molecule has 6 heteroatoms. The fourth-order valence-corrected chi connectivity index (χ4v) is 1.71. The Bertz CT molecular complexity index is 544. The van der Waals surface area contributed by atoms with Gasteiger partial charge < -0.3 is 9.42 Å². The van der Waals surface area contributed by atoms with Crippen molar-refractivity contribution >= 4 is 11.6 Å². The third kappa shape index (κ3) is 2.27. The largest absolute Gasteiger partial charge is 0.361 e. The average Bonchev–Trinajstić information content (AvgIpc) is 2.99. The quantitative estimate of drug-likeness (QED) is 0.825. The molecule has 0 unspecified atom stereocenters. The van der Waals surface area contributed by atoms with E-state index < -0.39 is 0 Å². The summed E-state index contributed by atoms with van der Waals surface area (Å²) < 4.78 is 6.71. The first-order valence-corrected chi connectivity index (χ1v) is 5.91. The van der Waals surface area contributed by atoms with Crippen molar-refractivity contribution in [2.24, 2.45) is 7.05 Å². The van der Waals surface area contributed by atoms with Gasteiger partial charge >= 0.3 is 0 Å². The molecule has 6 nitrogen and oxygen atoms in total. The molecule has 0 fully saturated rings. The van der Waals surface area contributed by atoms with Gasteiger partial charge in [0.2, 0.25) is 0 Å². The van der Waals surface area contributed by atoms with Gasteiger partial charge in [0.15, 0.2) is 5.69 Å². The Morgan fingerprint density at radius 2 is 2.28 bits per heavy atom. The highest BCUT2D eigenvalue weighted by atomic mass is 16.5. The lowest BCUT2D eigenvalue weighted by Gasteiger charge is -2.16. The summed E-state index contributed by atoms with van der Waals surface area (Å²) >= 11 is 0. The standard InChI is InChI=1S/C12H16N4O2/c1-4-10-6-11(14-18-10)12(17)16(5-2)9-7-13-15(3)8-9/h6-8H,4-5H2,1-3H3. The van der Waals surface area contributed by atoms with Crippen molar-refractivity contribution in [1.29, 1.82) is 0 Å². The van der Waals surface area contributed by atoms with Crippen LogP contribution in [0.2, 0.25) is 0 Å². The van der Waals surface area contributed by atoms with Crippen LogP contribution in [0.1, 0.15) is 30.1 Å². The first-order chi connectivity index (χ1) is 8.65. The third-order valence-corrected chi connectivity index (χ3v) is 2.69. The Hall–Kier alpha value is -2.11. The first-order valence-electron chi connectivity index (χ1n) is 5.91. The van der Waals surface area contributed by atoms with Gasteiger partial charge in [0.1, 0.15) is 5.76 Å². The summed E-state index contributed by atoms with van der Waals surface area (Å²) in [6.07, 6.45) is 4.17. The number of nitrogens with zero attached hydrogens (tertiary/aromatic N) is 4. The van der Waals surface area contributed by atoms with Crippen LogP contribution in [0.4, 0.5) is 5.69 Å². The summed E-state index contributed by atoms with van der Waals surface area (Å²) in [5.41, 5.74) is 1.09. The molecule has 0 aliphatic heterocycles. The number of hydrogen-bond donors (Lipinski definition) is 0. The van der Waals surface area contributed by atoms with Crippen LogP contribution >= 0.6 is 0 Å². The van der Waals surface area contributed by atoms with Gasteiger partial charge in [-0.25, -0.2) is 0 Å². The summed E-state index contributed by atoms with van der Waals surface area (Å²) in [7, 11) is 1.81. The molecule has 0 N–H and O–H groups in total. The Morgan fingerprint density at radius 3 is 2.78 bits per heavy atom. The highest BCUT2D eigenvalue weighted by Gasteiger charge is 2.20. The molecule has 1 amide bonds. The van der Waals surface area contributed by atoms with Crippen LogP contribution < -0.4 is 4.90 Å². The lowest BCUT2D eigenvalue weighted by atomic mass is 10.3. The van der Waals surface area contributed by atoms with E-state index >= 15 is 0 Å². The Balaban J connectivity index is 2.25. The van der Waals surface area contributed by atoms with Crippen molar-refractivity contribution in [2.75, 3.05) is 11.4 Å². The summed E-state index contributed by atoms with van der Waals surface area (Å²) in [6, 6.07) is 1.68. The van der Waals surface area contributed by atoms with Crippen molar-refractivity contribution in [3.8, 4) is 0 Å². The number of aromatic nitrogens is 3. The molecule has 0 atom stereocenters. The lowest BCUT2D eigenvalue weighted by Crippen LogP contribution is -2.30. The lowest BCUT2D eigenvalue weighted by molar-refractivity contribution is 0.0979. The maximum atomic E-state index is 12.3. The zero-order valence-corrected chi connectivity index (χ0v) is 10.8. The summed E-state index contributed by atoms with van der Waals surface area (Å²) in [5, 5.41) is 7.86. The number of carbonyl (C=O) groups excluding carboxylic acids is 1. The molecule has 0 radical (unpaired) electrons. The van der Waals surface area contributed by atoms with Gasteiger partial charge in [-0.15, -0.1) is 0 Å². The van der Waals surface area contributed by atoms with Crippen molar-refractivity contribution < 1.29 is 9.32 Å². The Labute approximate surface area is 105 Å². The summed E-state index contributed by atoms with van der Waals surface area (Å²) in [6.45, 7) is 4.41. The number of aryl methyl sites for hydroxylation is 2. The topological polar surface area (TPSA) is 64.2 Å². The van der Waals surface area contributed by atoms with Crippen molar-refractivity contribution in [1.82, 2.24) is 14.9 Å². The van der Waals surface area contributed by atoms with E-state index in [4.69, 9.17) is 4.52 Å². The predicted octanol–water partition coefficient (Wildman–Crippen LogP) is 1.64. The van der Waals surface area contributed by atoms with E-state index in [0.29, 0.717) is 18.0 Å². The second kappa shape index (κ2) is 5.03. The normalized spacial score (nSPS) is 10.6. The molecule has 0 aromatic carbocycles. The van der Waals surface area contributed by atoms with Crippen LogP contribution in [0, 0.1) is 0 Å². The molecule has 2 rings (SSSR count). The molecule has 0 spiro atoms. The van der Waals surface area contributed by atoms with Crippen LogP contribution in [-0.4, -0.2) is 27.4 Å². The zero-order valence-electron chi connectivity index (χ0n) is 10.8. The van der Waals surface area contributed by atoms with E-state index in [1.165, 1.54) is 0 Å². The van der Waals surface area contributed by atoms with Crippen LogP contribution in [0.25, 0.3) is 0 Å². The molecular formula is C12H16N4O2. The fourth-order valence-electron chi connectivity index (χ4n) is 1.71. The molecule has 2 aromatic rings. The molecule has 2 aromatic heterocycles. The molecule has 0 saturated heterocycles. The summed E-state index contributed by atoms with van der Waals surface area (Å²) in [4.78, 5) is 13.9. The molecule has 0 aliphatic rings. The number of hydrogen-bond acceptors (Lipinski definition) is 4. The van der Waals surface area contributed by atoms with E-state index in [-0.39, 0.29) is 5.91 Å². The minimum atomic E-state index is -0.172. The Morgan fingerprint density at radius 1 is 1.50 bits per heavy atom. The second-order valence-corrected chi connectivity index (χ2v) is 3.95. The Kier molecular flexibility index (Phi) is 3.45. The fraction of sp³-hybridized carbons (Fsp3) is 0.417. The van der Waals surface area contributed by atoms with Crippen LogP contribution in [-0.2, 0) is 13.5 Å². The smallest absolute Gasteiger partial charge is 0.280 e. The van der Waals surface area contributed by atoms with Crippen molar-refractivity contribution in [3.05, 3.63) is 29.9 Å². The summed E-state index contributed by atoms with van der Waals surface area (Å²) in [5.74, 6) is 0.537. The van der Waals surface area contributed by atoms with Crippen molar-refractivity contribution in [3.63, 3.8) is 0 Å². The van der Waals surface area contributed by atoms with Gasteiger partial charge in [-0.2, -0.15) is 5.10 Å². The van der Waals surface area contributed by atoms with Crippen molar-refractivity contribution in [2.45, 2.75) is 20.3 Å². The molecule has 0 aliphatic carbocycles. The SMILES string of the molecule is CCc1cc(C(=O)N(CC)c2cnn(C)c2)no1. The van der Waals surface area contributed by atoms with Crippen LogP contribution in [0.5, 0.6) is 0 Å². The molecule has 96 valence electrons. The van der Waals surface area contributed by atoms with Gasteiger partial charge in [-0.3, -0.25) is 9.48 Å². The molecule has 0 bridgehead atoms. The van der Waals surface area contributed by atoms with Gasteiger partial charge in [0, 0.05) is 32.3 Å². The predicted molar refractivity (Wildman–Crippen MR) is 66.4 cm³/mol. The maximum Gasteiger partial charge on any atom is 0.280 e. The van der Waals surface area contributed by atoms with E-state index in [1.807, 2.05) is 20.9 Å². The van der Waals surface area contributed by atoms with E-state index in [9.17, 15) is 4.79 Å². The minimum absolute atomic E-state index is 0.172.